The molecule has 1 aromatic heterocycles. The van der Waals surface area contributed by atoms with Gasteiger partial charge in [-0.15, -0.1) is 0 Å². The largest absolute Gasteiger partial charge is 0.497 e. The van der Waals surface area contributed by atoms with Crippen molar-refractivity contribution in [3.63, 3.8) is 0 Å². The first kappa shape index (κ1) is 21.3. The zero-order chi connectivity index (χ0) is 22.6. The highest BCUT2D eigenvalue weighted by molar-refractivity contribution is 6.09. The van der Waals surface area contributed by atoms with Crippen molar-refractivity contribution in [2.45, 2.75) is 25.3 Å². The second-order valence-electron chi connectivity index (χ2n) is 8.43. The Morgan fingerprint density at radius 3 is 2.33 bits per heavy atom. The fourth-order valence-electron chi connectivity index (χ4n) is 4.65. The quantitative estimate of drug-likeness (QED) is 0.384. The van der Waals surface area contributed by atoms with E-state index in [-0.39, 0.29) is 11.9 Å². The molecule has 1 aliphatic heterocycles. The van der Waals surface area contributed by atoms with Crippen LogP contribution < -0.4 is 10.1 Å². The van der Waals surface area contributed by atoms with E-state index in [1.54, 1.807) is 7.11 Å². The highest BCUT2D eigenvalue weighted by Crippen LogP contribution is 2.41. The van der Waals surface area contributed by atoms with E-state index in [9.17, 15) is 4.79 Å². The Bertz CT molecular complexity index is 1230. The summed E-state index contributed by atoms with van der Waals surface area (Å²) < 4.78 is 11.9. The van der Waals surface area contributed by atoms with Gasteiger partial charge in [-0.05, 0) is 67.9 Å². The third-order valence-electron chi connectivity index (χ3n) is 6.33. The lowest BCUT2D eigenvalue weighted by molar-refractivity contribution is 0.102. The molecule has 3 aromatic carbocycles. The van der Waals surface area contributed by atoms with Gasteiger partial charge < -0.3 is 14.5 Å². The summed E-state index contributed by atoms with van der Waals surface area (Å²) in [5, 5.41) is 4.09. The first-order valence-corrected chi connectivity index (χ1v) is 11.5. The van der Waals surface area contributed by atoms with Crippen molar-refractivity contribution in [2.24, 2.45) is 0 Å². The molecule has 0 saturated carbocycles. The molecule has 33 heavy (non-hydrogen) atoms. The van der Waals surface area contributed by atoms with Crippen LogP contribution >= 0.6 is 0 Å². The topological polar surface area (TPSA) is 54.7 Å². The number of benzene rings is 3. The van der Waals surface area contributed by atoms with E-state index in [0.717, 1.165) is 59.7 Å². The fourth-order valence-corrected chi connectivity index (χ4v) is 4.65. The van der Waals surface area contributed by atoms with Crippen molar-refractivity contribution < 1.29 is 13.9 Å². The summed E-state index contributed by atoms with van der Waals surface area (Å²) in [5.74, 6) is 1.45. The van der Waals surface area contributed by atoms with Gasteiger partial charge in [0, 0.05) is 10.9 Å². The number of likely N-dealkylation sites (tertiary alicyclic amines) is 1. The smallest absolute Gasteiger partial charge is 0.255 e. The molecule has 2 heterocycles. The predicted molar refractivity (Wildman–Crippen MR) is 131 cm³/mol. The Morgan fingerprint density at radius 1 is 0.909 bits per heavy atom. The van der Waals surface area contributed by atoms with Crippen LogP contribution in [0.1, 0.15) is 47.0 Å². The van der Waals surface area contributed by atoms with Gasteiger partial charge >= 0.3 is 0 Å². The number of ether oxygens (including phenoxy) is 1. The fraction of sp³-hybridized carbons (Fsp3) is 0.250. The zero-order valence-electron chi connectivity index (χ0n) is 18.8. The Balaban J connectivity index is 1.62. The lowest BCUT2D eigenvalue weighted by Crippen LogP contribution is -2.34. The summed E-state index contributed by atoms with van der Waals surface area (Å²) in [5.41, 5.74) is 3.25. The van der Waals surface area contributed by atoms with Crippen molar-refractivity contribution in [3.8, 4) is 5.75 Å². The number of amides is 1. The van der Waals surface area contributed by atoms with Crippen LogP contribution in [0.2, 0.25) is 0 Å². The lowest BCUT2D eigenvalue weighted by atomic mass is 9.98. The van der Waals surface area contributed by atoms with Crippen LogP contribution in [0.15, 0.2) is 83.3 Å². The van der Waals surface area contributed by atoms with Crippen LogP contribution in [0.25, 0.3) is 11.0 Å². The Kier molecular flexibility index (Phi) is 6.13. The van der Waals surface area contributed by atoms with Crippen molar-refractivity contribution in [1.29, 1.82) is 0 Å². The number of furan rings is 1. The molecule has 0 spiro atoms. The van der Waals surface area contributed by atoms with Crippen LogP contribution in [0.5, 0.6) is 5.75 Å². The number of hydrogen-bond donors (Lipinski definition) is 1. The average molecular weight is 441 g/mol. The standard InChI is InChI=1S/C28H28N2O3/c1-32-22-16-14-20(15-17-22)26(30-18-8-3-9-19-30)27-25(23-12-6-7-13-24(23)33-27)29-28(31)21-10-4-2-5-11-21/h2,4-7,10-17,26H,3,8-9,18-19H2,1H3,(H,29,31)/t26-/m1/s1. The van der Waals surface area contributed by atoms with Gasteiger partial charge in [0.05, 0.1) is 18.8 Å². The Hall–Kier alpha value is -3.57. The minimum absolute atomic E-state index is 0.102. The summed E-state index contributed by atoms with van der Waals surface area (Å²) in [6.45, 7) is 1.97. The van der Waals surface area contributed by atoms with E-state index in [4.69, 9.17) is 9.15 Å². The molecule has 0 bridgehead atoms. The number of piperidine rings is 1. The number of nitrogens with one attached hydrogen (secondary N) is 1. The van der Waals surface area contributed by atoms with Crippen molar-refractivity contribution >= 4 is 22.6 Å². The molecular formula is C28H28N2O3. The maximum atomic E-state index is 13.1. The molecule has 0 aliphatic carbocycles. The highest BCUT2D eigenvalue weighted by atomic mass is 16.5. The molecule has 5 nitrogen and oxygen atoms in total. The van der Waals surface area contributed by atoms with Gasteiger partial charge in [0.1, 0.15) is 17.1 Å². The maximum absolute atomic E-state index is 13.1. The van der Waals surface area contributed by atoms with E-state index in [2.05, 4.69) is 22.3 Å². The summed E-state index contributed by atoms with van der Waals surface area (Å²) in [4.78, 5) is 15.6. The van der Waals surface area contributed by atoms with Crippen molar-refractivity contribution in [1.82, 2.24) is 4.90 Å². The van der Waals surface area contributed by atoms with Crippen molar-refractivity contribution in [3.05, 3.63) is 95.7 Å². The first-order chi connectivity index (χ1) is 16.2. The van der Waals surface area contributed by atoms with Crippen LogP contribution in [-0.2, 0) is 0 Å². The monoisotopic (exact) mass is 440 g/mol. The van der Waals surface area contributed by atoms with Crippen LogP contribution in [-0.4, -0.2) is 31.0 Å². The third-order valence-corrected chi connectivity index (χ3v) is 6.33. The van der Waals surface area contributed by atoms with Gasteiger partial charge in [0.25, 0.3) is 5.91 Å². The molecular weight excluding hydrogens is 412 g/mol. The SMILES string of the molecule is COc1ccc([C@H](c2oc3ccccc3c2NC(=O)c2ccccc2)N2CCCCC2)cc1. The normalized spacial score (nSPS) is 15.3. The molecule has 1 aliphatic rings. The number of fused-ring (bicyclic) bond motifs is 1. The number of hydrogen-bond acceptors (Lipinski definition) is 4. The molecule has 1 atom stereocenters. The average Bonchev–Trinajstić information content (AvgIpc) is 3.23. The van der Waals surface area contributed by atoms with Gasteiger partial charge in [-0.3, -0.25) is 9.69 Å². The van der Waals surface area contributed by atoms with Crippen LogP contribution in [0, 0.1) is 0 Å². The number of rotatable bonds is 6. The van der Waals surface area contributed by atoms with E-state index in [0.29, 0.717) is 5.56 Å². The highest BCUT2D eigenvalue weighted by Gasteiger charge is 2.31. The van der Waals surface area contributed by atoms with E-state index in [1.807, 2.05) is 66.7 Å². The second-order valence-corrected chi connectivity index (χ2v) is 8.43. The van der Waals surface area contributed by atoms with Gasteiger partial charge in [-0.2, -0.15) is 0 Å². The minimum Gasteiger partial charge on any atom is -0.497 e. The van der Waals surface area contributed by atoms with E-state index >= 15 is 0 Å². The molecule has 0 unspecified atom stereocenters. The number of carbonyl (C=O) groups is 1. The molecule has 1 amide bonds. The molecule has 1 fully saturated rings. The molecule has 168 valence electrons. The lowest BCUT2D eigenvalue weighted by Gasteiger charge is -2.34. The zero-order valence-corrected chi connectivity index (χ0v) is 18.8. The van der Waals surface area contributed by atoms with Gasteiger partial charge in [-0.25, -0.2) is 0 Å². The number of methoxy groups -OCH3 is 1. The number of para-hydroxylation sites is 1. The Morgan fingerprint density at radius 2 is 1.61 bits per heavy atom. The third kappa shape index (κ3) is 4.37. The second kappa shape index (κ2) is 9.51. The maximum Gasteiger partial charge on any atom is 0.255 e. The Labute approximate surface area is 194 Å². The van der Waals surface area contributed by atoms with Gasteiger partial charge in [-0.1, -0.05) is 48.9 Å². The van der Waals surface area contributed by atoms with Crippen molar-refractivity contribution in [2.75, 3.05) is 25.5 Å². The van der Waals surface area contributed by atoms with Crippen LogP contribution in [0.4, 0.5) is 5.69 Å². The van der Waals surface area contributed by atoms with E-state index < -0.39 is 0 Å². The molecule has 5 rings (SSSR count). The molecule has 1 N–H and O–H groups in total. The van der Waals surface area contributed by atoms with Gasteiger partial charge in [0.15, 0.2) is 0 Å². The van der Waals surface area contributed by atoms with E-state index in [1.165, 1.54) is 6.42 Å². The first-order valence-electron chi connectivity index (χ1n) is 11.5. The number of carbonyl (C=O) groups excluding carboxylic acids is 1. The van der Waals surface area contributed by atoms with Gasteiger partial charge in [0.2, 0.25) is 0 Å². The molecule has 5 heteroatoms. The summed E-state index contributed by atoms with van der Waals surface area (Å²) in [6, 6.07) is 25.2. The summed E-state index contributed by atoms with van der Waals surface area (Å²) in [7, 11) is 1.67. The molecule has 4 aromatic rings. The van der Waals surface area contributed by atoms with Crippen LogP contribution in [0.3, 0.4) is 0 Å². The predicted octanol–water partition coefficient (Wildman–Crippen LogP) is 6.27. The number of anilines is 1. The summed E-state index contributed by atoms with van der Waals surface area (Å²) in [6.07, 6.45) is 3.54. The summed E-state index contributed by atoms with van der Waals surface area (Å²) >= 11 is 0. The molecule has 1 saturated heterocycles. The molecule has 0 radical (unpaired) electrons. The number of nitrogens with zero attached hydrogens (tertiary/aromatic N) is 1. The minimum atomic E-state index is -0.143.